The smallest absolute Gasteiger partial charge is 0.323 e. The number of aryl methyl sites for hydroxylation is 1. The quantitative estimate of drug-likeness (QED) is 0.611. The molecule has 1 aromatic heterocycles. The van der Waals surface area contributed by atoms with Crippen LogP contribution in [-0.2, 0) is 38.4 Å². The van der Waals surface area contributed by atoms with E-state index in [9.17, 15) is 9.59 Å². The van der Waals surface area contributed by atoms with Gasteiger partial charge in [0, 0.05) is 45.1 Å². The molecule has 1 fully saturated rings. The number of imidazole rings is 1. The van der Waals surface area contributed by atoms with E-state index in [2.05, 4.69) is 9.55 Å². The number of esters is 2. The molecule has 114 valence electrons. The van der Waals surface area contributed by atoms with Crippen molar-refractivity contribution in [2.24, 2.45) is 5.92 Å². The maximum atomic E-state index is 12.0. The number of rotatable bonds is 2. The molecule has 0 N–H and O–H groups in total. The zero-order valence-electron chi connectivity index (χ0n) is 12.4. The van der Waals surface area contributed by atoms with Crippen molar-refractivity contribution in [1.29, 1.82) is 0 Å². The van der Waals surface area contributed by atoms with E-state index in [-0.39, 0.29) is 0 Å². The first-order valence-corrected chi connectivity index (χ1v) is 7.45. The Morgan fingerprint density at radius 3 is 2.67 bits per heavy atom. The molecule has 2 aliphatic rings. The highest BCUT2D eigenvalue weighted by molar-refractivity contribution is 5.96. The number of cyclic esters (lactones) is 2. The van der Waals surface area contributed by atoms with Crippen molar-refractivity contribution in [1.82, 2.24) is 9.55 Å². The summed E-state index contributed by atoms with van der Waals surface area (Å²) < 4.78 is 12.5. The summed E-state index contributed by atoms with van der Waals surface area (Å²) in [7, 11) is 0. The molecule has 0 bridgehead atoms. The minimum Gasteiger partial charge on any atom is -0.422 e. The molecule has 0 radical (unpaired) electrons. The molecule has 0 aliphatic carbocycles. The van der Waals surface area contributed by atoms with Gasteiger partial charge in [-0.1, -0.05) is 6.42 Å². The second kappa shape index (κ2) is 5.16. The van der Waals surface area contributed by atoms with Gasteiger partial charge in [-0.25, -0.2) is 4.98 Å². The van der Waals surface area contributed by atoms with Crippen molar-refractivity contribution >= 4 is 11.9 Å². The van der Waals surface area contributed by atoms with E-state index in [0.29, 0.717) is 6.42 Å². The van der Waals surface area contributed by atoms with Crippen LogP contribution in [0.1, 0.15) is 44.6 Å². The van der Waals surface area contributed by atoms with Gasteiger partial charge in [-0.2, -0.15) is 0 Å². The normalized spacial score (nSPS) is 22.2. The molecular weight excluding hydrogens is 272 g/mol. The minimum atomic E-state index is -1.17. The van der Waals surface area contributed by atoms with E-state index in [1.807, 2.05) is 0 Å². The fraction of sp³-hybridized carbons (Fsp3) is 0.667. The Hall–Kier alpha value is -1.85. The number of nitrogens with zero attached hydrogens (tertiary/aromatic N) is 2. The summed E-state index contributed by atoms with van der Waals surface area (Å²) in [4.78, 5) is 28.5. The van der Waals surface area contributed by atoms with Crippen molar-refractivity contribution in [3.05, 3.63) is 17.7 Å². The first-order valence-electron chi connectivity index (χ1n) is 7.45. The van der Waals surface area contributed by atoms with E-state index < -0.39 is 23.6 Å². The Bertz CT molecular complexity index is 556. The van der Waals surface area contributed by atoms with Gasteiger partial charge in [0.05, 0.1) is 0 Å². The van der Waals surface area contributed by atoms with Crippen LogP contribution in [-0.4, -0.2) is 27.3 Å². The van der Waals surface area contributed by atoms with Crippen molar-refractivity contribution < 1.29 is 19.1 Å². The van der Waals surface area contributed by atoms with E-state index in [1.165, 1.54) is 6.42 Å². The second-order valence-corrected chi connectivity index (χ2v) is 6.13. The Morgan fingerprint density at radius 1 is 1.24 bits per heavy atom. The van der Waals surface area contributed by atoms with Crippen LogP contribution in [0.3, 0.4) is 0 Å². The number of carbonyl (C=O) groups excluding carboxylic acids is 2. The molecule has 2 aliphatic heterocycles. The molecule has 0 spiro atoms. The maximum absolute atomic E-state index is 12.0. The van der Waals surface area contributed by atoms with Gasteiger partial charge in [-0.15, -0.1) is 0 Å². The van der Waals surface area contributed by atoms with Gasteiger partial charge in [-0.3, -0.25) is 9.59 Å². The Balaban J connectivity index is 1.79. The van der Waals surface area contributed by atoms with Crippen LogP contribution in [0, 0.1) is 5.92 Å². The molecule has 0 amide bonds. The first kappa shape index (κ1) is 14.1. The summed E-state index contributed by atoms with van der Waals surface area (Å²) in [6.07, 6.45) is 6.43. The van der Waals surface area contributed by atoms with Crippen LogP contribution in [0.2, 0.25) is 0 Å². The molecule has 6 nitrogen and oxygen atoms in total. The highest BCUT2D eigenvalue weighted by Crippen LogP contribution is 2.26. The summed E-state index contributed by atoms with van der Waals surface area (Å²) in [6.45, 7) is 4.01. The monoisotopic (exact) mass is 292 g/mol. The molecule has 0 unspecified atom stereocenters. The summed E-state index contributed by atoms with van der Waals surface area (Å²) in [5.74, 6) is -2.04. The average molecular weight is 292 g/mol. The minimum absolute atomic E-state index is 0.292. The van der Waals surface area contributed by atoms with Crippen molar-refractivity contribution in [2.45, 2.75) is 58.3 Å². The van der Waals surface area contributed by atoms with Gasteiger partial charge < -0.3 is 14.0 Å². The van der Waals surface area contributed by atoms with Crippen LogP contribution in [0.15, 0.2) is 6.20 Å². The molecule has 3 rings (SSSR count). The second-order valence-electron chi connectivity index (χ2n) is 6.13. The zero-order chi connectivity index (χ0) is 15.0. The molecular formula is C15H20N2O4. The maximum Gasteiger partial charge on any atom is 0.323 e. The highest BCUT2D eigenvalue weighted by Gasteiger charge is 2.43. The molecule has 0 atom stereocenters. The van der Waals surface area contributed by atoms with E-state index in [0.717, 1.165) is 37.3 Å². The fourth-order valence-corrected chi connectivity index (χ4v) is 2.94. The largest absolute Gasteiger partial charge is 0.422 e. The van der Waals surface area contributed by atoms with Gasteiger partial charge in [0.1, 0.15) is 5.82 Å². The lowest BCUT2D eigenvalue weighted by Crippen LogP contribution is -2.47. The lowest BCUT2D eigenvalue weighted by molar-refractivity contribution is -0.239. The van der Waals surface area contributed by atoms with Crippen LogP contribution in [0.5, 0.6) is 0 Å². The Morgan fingerprint density at radius 2 is 1.95 bits per heavy atom. The number of fused-ring (bicyclic) bond motifs is 1. The highest BCUT2D eigenvalue weighted by atomic mass is 16.7. The fourth-order valence-electron chi connectivity index (χ4n) is 2.94. The van der Waals surface area contributed by atoms with E-state index in [1.54, 1.807) is 20.0 Å². The predicted octanol–water partition coefficient (Wildman–Crippen LogP) is 1.60. The molecule has 0 saturated carbocycles. The van der Waals surface area contributed by atoms with Crippen LogP contribution in [0.25, 0.3) is 0 Å². The number of ether oxygens (including phenoxy) is 2. The van der Waals surface area contributed by atoms with Gasteiger partial charge in [0.2, 0.25) is 0 Å². The Labute approximate surface area is 123 Å². The summed E-state index contributed by atoms with van der Waals surface area (Å²) >= 11 is 0. The molecule has 21 heavy (non-hydrogen) atoms. The van der Waals surface area contributed by atoms with E-state index in [4.69, 9.17) is 9.47 Å². The Kier molecular flexibility index (Phi) is 3.47. The topological polar surface area (TPSA) is 70.4 Å². The number of aromatic nitrogens is 2. The van der Waals surface area contributed by atoms with Crippen molar-refractivity contribution in [2.75, 3.05) is 0 Å². The average Bonchev–Trinajstić information content (AvgIpc) is 2.61. The molecule has 1 saturated heterocycles. The van der Waals surface area contributed by atoms with Gasteiger partial charge >= 0.3 is 11.9 Å². The number of hydrogen-bond donors (Lipinski definition) is 0. The zero-order valence-corrected chi connectivity index (χ0v) is 12.4. The predicted molar refractivity (Wildman–Crippen MR) is 73.2 cm³/mol. The first-order chi connectivity index (χ1) is 9.96. The molecule has 0 aromatic carbocycles. The third-order valence-electron chi connectivity index (χ3n) is 3.98. The standard InChI is InChI=1S/C15H20N2O4/c1-15(2)20-13(18)11(14(19)21-15)8-10-9-16-12-6-4-3-5-7-17(10)12/h9,11H,3-8H2,1-2H3. The van der Waals surface area contributed by atoms with Gasteiger partial charge in [0.15, 0.2) is 5.92 Å². The lowest BCUT2D eigenvalue weighted by Gasteiger charge is -2.32. The third-order valence-corrected chi connectivity index (χ3v) is 3.98. The van der Waals surface area contributed by atoms with Crippen molar-refractivity contribution in [3.8, 4) is 0 Å². The molecule has 6 heteroatoms. The van der Waals surface area contributed by atoms with Crippen LogP contribution < -0.4 is 0 Å². The van der Waals surface area contributed by atoms with Crippen LogP contribution >= 0.6 is 0 Å². The summed E-state index contributed by atoms with van der Waals surface area (Å²) in [5.41, 5.74) is 0.908. The van der Waals surface area contributed by atoms with E-state index >= 15 is 0 Å². The van der Waals surface area contributed by atoms with Crippen molar-refractivity contribution in [3.63, 3.8) is 0 Å². The van der Waals surface area contributed by atoms with Gasteiger partial charge in [0.25, 0.3) is 5.79 Å². The molecule has 3 heterocycles. The number of carbonyl (C=O) groups is 2. The summed E-state index contributed by atoms with van der Waals surface area (Å²) in [5, 5.41) is 0. The SMILES string of the molecule is CC1(C)OC(=O)C(Cc2cnc3n2CCCCC3)C(=O)O1. The number of hydrogen-bond acceptors (Lipinski definition) is 5. The van der Waals surface area contributed by atoms with Crippen LogP contribution in [0.4, 0.5) is 0 Å². The van der Waals surface area contributed by atoms with Gasteiger partial charge in [-0.05, 0) is 12.8 Å². The lowest BCUT2D eigenvalue weighted by atomic mass is 10.0. The third kappa shape index (κ3) is 2.80. The summed E-state index contributed by atoms with van der Waals surface area (Å²) in [6, 6.07) is 0. The molecule has 1 aromatic rings.